The SMILES string of the molecule is O=C(Nc1ccc(Cl)c(-c2nnc3n2CCCCC3)c1)c1ccc2c(c1)CCO2. The van der Waals surface area contributed by atoms with Gasteiger partial charge in [-0.1, -0.05) is 18.0 Å². The lowest BCUT2D eigenvalue weighted by molar-refractivity contribution is 0.102. The summed E-state index contributed by atoms with van der Waals surface area (Å²) in [7, 11) is 0. The van der Waals surface area contributed by atoms with Crippen LogP contribution in [-0.2, 0) is 19.4 Å². The minimum Gasteiger partial charge on any atom is -0.493 e. The highest BCUT2D eigenvalue weighted by Gasteiger charge is 2.19. The number of halogens is 1. The number of fused-ring (bicyclic) bond motifs is 2. The fourth-order valence-corrected chi connectivity index (χ4v) is 4.19. The monoisotopic (exact) mass is 408 g/mol. The van der Waals surface area contributed by atoms with Crippen molar-refractivity contribution in [3.63, 3.8) is 0 Å². The van der Waals surface area contributed by atoms with E-state index in [9.17, 15) is 4.79 Å². The summed E-state index contributed by atoms with van der Waals surface area (Å²) >= 11 is 6.48. The van der Waals surface area contributed by atoms with Crippen LogP contribution >= 0.6 is 11.6 Å². The third kappa shape index (κ3) is 3.49. The lowest BCUT2D eigenvalue weighted by Gasteiger charge is -2.11. The van der Waals surface area contributed by atoms with Crippen LogP contribution in [0.1, 0.15) is 41.0 Å². The third-order valence-corrected chi connectivity index (χ3v) is 5.86. The molecule has 0 radical (unpaired) electrons. The van der Waals surface area contributed by atoms with Crippen molar-refractivity contribution in [2.45, 2.75) is 38.6 Å². The molecule has 29 heavy (non-hydrogen) atoms. The van der Waals surface area contributed by atoms with E-state index in [1.165, 1.54) is 6.42 Å². The van der Waals surface area contributed by atoms with Crippen molar-refractivity contribution >= 4 is 23.2 Å². The van der Waals surface area contributed by atoms with Gasteiger partial charge in [-0.15, -0.1) is 10.2 Å². The van der Waals surface area contributed by atoms with E-state index in [1.54, 1.807) is 18.2 Å². The van der Waals surface area contributed by atoms with Gasteiger partial charge in [-0.25, -0.2) is 0 Å². The van der Waals surface area contributed by atoms with Gasteiger partial charge in [-0.3, -0.25) is 4.79 Å². The second kappa shape index (κ2) is 7.52. The number of nitrogens with one attached hydrogen (secondary N) is 1. The van der Waals surface area contributed by atoms with Crippen LogP contribution in [0.3, 0.4) is 0 Å². The quantitative estimate of drug-likeness (QED) is 0.692. The third-order valence-electron chi connectivity index (χ3n) is 5.53. The predicted octanol–water partition coefficient (Wildman–Crippen LogP) is 4.51. The number of benzene rings is 2. The Labute approximate surface area is 173 Å². The van der Waals surface area contributed by atoms with Crippen LogP contribution in [0.2, 0.25) is 5.02 Å². The fraction of sp³-hybridized carbons (Fsp3) is 0.318. The first-order valence-corrected chi connectivity index (χ1v) is 10.4. The Balaban J connectivity index is 1.43. The Kier molecular flexibility index (Phi) is 4.72. The molecule has 1 amide bonds. The molecule has 1 aromatic heterocycles. The van der Waals surface area contributed by atoms with E-state index in [0.29, 0.717) is 22.9 Å². The number of nitrogens with zero attached hydrogens (tertiary/aromatic N) is 3. The summed E-state index contributed by atoms with van der Waals surface area (Å²) < 4.78 is 7.67. The second-order valence-electron chi connectivity index (χ2n) is 7.47. The predicted molar refractivity (Wildman–Crippen MR) is 112 cm³/mol. The number of aryl methyl sites for hydroxylation is 1. The number of amides is 1. The normalized spacial score (nSPS) is 15.2. The largest absolute Gasteiger partial charge is 0.493 e. The number of carbonyl (C=O) groups excluding carboxylic acids is 1. The standard InChI is InChI=1S/C22H21ClN4O2/c23-18-7-6-16(24-22(28)15-5-8-19-14(12-15)9-11-29-19)13-17(18)21-26-25-20-4-2-1-3-10-27(20)21/h5-8,12-13H,1-4,9-11H2,(H,24,28). The average molecular weight is 409 g/mol. The fourth-order valence-electron chi connectivity index (χ4n) is 3.99. The smallest absolute Gasteiger partial charge is 0.255 e. The number of aromatic nitrogens is 3. The van der Waals surface area contributed by atoms with Gasteiger partial charge in [0, 0.05) is 36.2 Å². The molecule has 0 aliphatic carbocycles. The molecule has 2 aliphatic rings. The molecule has 2 aromatic carbocycles. The van der Waals surface area contributed by atoms with Gasteiger partial charge >= 0.3 is 0 Å². The van der Waals surface area contributed by atoms with Crippen LogP contribution in [0.25, 0.3) is 11.4 Å². The molecule has 0 spiro atoms. The van der Waals surface area contributed by atoms with Gasteiger partial charge in [0.15, 0.2) is 5.82 Å². The van der Waals surface area contributed by atoms with Crippen molar-refractivity contribution in [3.05, 3.63) is 58.4 Å². The summed E-state index contributed by atoms with van der Waals surface area (Å²) in [4.78, 5) is 12.8. The summed E-state index contributed by atoms with van der Waals surface area (Å²) in [6.45, 7) is 1.56. The highest BCUT2D eigenvalue weighted by atomic mass is 35.5. The van der Waals surface area contributed by atoms with Crippen molar-refractivity contribution in [2.24, 2.45) is 0 Å². The molecule has 0 bridgehead atoms. The average Bonchev–Trinajstić information content (AvgIpc) is 3.29. The number of anilines is 1. The molecule has 0 unspecified atom stereocenters. The van der Waals surface area contributed by atoms with Crippen LogP contribution in [0.4, 0.5) is 5.69 Å². The molecule has 6 nitrogen and oxygen atoms in total. The Hall–Kier alpha value is -2.86. The molecule has 3 heterocycles. The molecule has 7 heteroatoms. The van der Waals surface area contributed by atoms with Gasteiger partial charge in [0.1, 0.15) is 11.6 Å². The molecule has 148 valence electrons. The molecule has 5 rings (SSSR count). The van der Waals surface area contributed by atoms with Crippen LogP contribution in [0.15, 0.2) is 36.4 Å². The number of ether oxygens (including phenoxy) is 1. The van der Waals surface area contributed by atoms with E-state index in [-0.39, 0.29) is 5.91 Å². The summed E-state index contributed by atoms with van der Waals surface area (Å²) in [5, 5.41) is 12.3. The summed E-state index contributed by atoms with van der Waals surface area (Å²) in [5.41, 5.74) is 3.15. The molecular formula is C22H21ClN4O2. The van der Waals surface area contributed by atoms with E-state index in [0.717, 1.165) is 60.8 Å². The Morgan fingerprint density at radius 1 is 1.07 bits per heavy atom. The van der Waals surface area contributed by atoms with E-state index in [2.05, 4.69) is 20.1 Å². The minimum atomic E-state index is -0.159. The summed E-state index contributed by atoms with van der Waals surface area (Å²) in [5.74, 6) is 2.47. The number of hydrogen-bond donors (Lipinski definition) is 1. The Morgan fingerprint density at radius 3 is 2.93 bits per heavy atom. The van der Waals surface area contributed by atoms with E-state index in [1.807, 2.05) is 18.2 Å². The van der Waals surface area contributed by atoms with E-state index >= 15 is 0 Å². The van der Waals surface area contributed by atoms with Crippen molar-refractivity contribution in [1.82, 2.24) is 14.8 Å². The van der Waals surface area contributed by atoms with Crippen molar-refractivity contribution in [3.8, 4) is 17.1 Å². The van der Waals surface area contributed by atoms with Crippen LogP contribution in [0.5, 0.6) is 5.75 Å². The molecule has 0 atom stereocenters. The van der Waals surface area contributed by atoms with Gasteiger partial charge in [0.25, 0.3) is 5.91 Å². The molecule has 1 N–H and O–H groups in total. The van der Waals surface area contributed by atoms with Crippen LogP contribution in [-0.4, -0.2) is 27.3 Å². The van der Waals surface area contributed by atoms with Crippen LogP contribution < -0.4 is 10.1 Å². The van der Waals surface area contributed by atoms with Gasteiger partial charge in [0.2, 0.25) is 0 Å². The topological polar surface area (TPSA) is 69.0 Å². The number of rotatable bonds is 3. The maximum atomic E-state index is 12.8. The van der Waals surface area contributed by atoms with Crippen molar-refractivity contribution in [2.75, 3.05) is 11.9 Å². The Morgan fingerprint density at radius 2 is 2.00 bits per heavy atom. The highest BCUT2D eigenvalue weighted by molar-refractivity contribution is 6.33. The molecule has 2 aliphatic heterocycles. The lowest BCUT2D eigenvalue weighted by Crippen LogP contribution is -2.12. The maximum Gasteiger partial charge on any atom is 0.255 e. The van der Waals surface area contributed by atoms with Gasteiger partial charge < -0.3 is 14.6 Å². The Bertz CT molecular complexity index is 1090. The van der Waals surface area contributed by atoms with Gasteiger partial charge in [-0.05, 0) is 54.8 Å². The van der Waals surface area contributed by atoms with E-state index < -0.39 is 0 Å². The molecule has 3 aromatic rings. The summed E-state index contributed by atoms with van der Waals surface area (Å²) in [6, 6.07) is 11.0. The van der Waals surface area contributed by atoms with E-state index in [4.69, 9.17) is 16.3 Å². The molecule has 0 saturated heterocycles. The number of hydrogen-bond acceptors (Lipinski definition) is 4. The second-order valence-corrected chi connectivity index (χ2v) is 7.88. The summed E-state index contributed by atoms with van der Waals surface area (Å²) in [6.07, 6.45) is 5.20. The molecule has 0 fully saturated rings. The maximum absolute atomic E-state index is 12.8. The molecule has 0 saturated carbocycles. The van der Waals surface area contributed by atoms with Crippen LogP contribution in [0, 0.1) is 0 Å². The van der Waals surface area contributed by atoms with Gasteiger partial charge in [0.05, 0.1) is 11.6 Å². The van der Waals surface area contributed by atoms with Crippen molar-refractivity contribution in [1.29, 1.82) is 0 Å². The van der Waals surface area contributed by atoms with Crippen molar-refractivity contribution < 1.29 is 9.53 Å². The first kappa shape index (κ1) is 18.2. The zero-order valence-electron chi connectivity index (χ0n) is 15.9. The first-order valence-electron chi connectivity index (χ1n) is 9.98. The number of carbonyl (C=O) groups is 1. The van der Waals surface area contributed by atoms with Gasteiger partial charge in [-0.2, -0.15) is 0 Å². The highest BCUT2D eigenvalue weighted by Crippen LogP contribution is 2.32. The zero-order chi connectivity index (χ0) is 19.8. The lowest BCUT2D eigenvalue weighted by atomic mass is 10.1. The first-order chi connectivity index (χ1) is 14.2. The zero-order valence-corrected chi connectivity index (χ0v) is 16.7. The minimum absolute atomic E-state index is 0.159. The molecular weight excluding hydrogens is 388 g/mol.